The van der Waals surface area contributed by atoms with Gasteiger partial charge in [-0.1, -0.05) is 25.1 Å². The first kappa shape index (κ1) is 25.6. The number of anilines is 1. The molecule has 10 heteroatoms. The number of likely N-dealkylation sites (N-methyl/N-ethyl adjacent to an activating group) is 1. The minimum Gasteiger partial charge on any atom is -0.493 e. The molecule has 2 aromatic heterocycles. The summed E-state index contributed by atoms with van der Waals surface area (Å²) in [7, 11) is 3.15. The summed E-state index contributed by atoms with van der Waals surface area (Å²) in [4.78, 5) is 37.5. The summed E-state index contributed by atoms with van der Waals surface area (Å²) in [6.07, 6.45) is 0.765. The van der Waals surface area contributed by atoms with Crippen LogP contribution in [-0.4, -0.2) is 60.7 Å². The third kappa shape index (κ3) is 5.18. The van der Waals surface area contributed by atoms with E-state index in [1.54, 1.807) is 20.3 Å². The molecule has 38 heavy (non-hydrogen) atoms. The Labute approximate surface area is 224 Å². The van der Waals surface area contributed by atoms with Crippen molar-refractivity contribution in [1.82, 2.24) is 14.9 Å². The second kappa shape index (κ2) is 11.2. The number of hydrogen-bond acceptors (Lipinski definition) is 9. The van der Waals surface area contributed by atoms with Gasteiger partial charge < -0.3 is 14.2 Å². The largest absolute Gasteiger partial charge is 0.493 e. The number of carbonyl (C=O) groups is 2. The van der Waals surface area contributed by atoms with Gasteiger partial charge in [-0.15, -0.1) is 11.3 Å². The van der Waals surface area contributed by atoms with E-state index in [0.29, 0.717) is 34.4 Å². The summed E-state index contributed by atoms with van der Waals surface area (Å²) >= 11 is 1.28. The van der Waals surface area contributed by atoms with Crippen LogP contribution in [0, 0.1) is 0 Å². The van der Waals surface area contributed by atoms with Crippen molar-refractivity contribution in [2.45, 2.75) is 19.9 Å². The lowest BCUT2D eigenvalue weighted by molar-refractivity contribution is -0.119. The zero-order valence-corrected chi connectivity index (χ0v) is 22.3. The van der Waals surface area contributed by atoms with Crippen molar-refractivity contribution < 1.29 is 23.8 Å². The number of thiazole rings is 1. The van der Waals surface area contributed by atoms with Gasteiger partial charge in [-0.25, -0.2) is 9.78 Å². The first-order chi connectivity index (χ1) is 18.5. The lowest BCUT2D eigenvalue weighted by atomic mass is 9.96. The molecule has 0 aliphatic carbocycles. The van der Waals surface area contributed by atoms with Gasteiger partial charge in [0.15, 0.2) is 23.2 Å². The molecule has 4 aromatic rings. The van der Waals surface area contributed by atoms with E-state index in [0.717, 1.165) is 47.2 Å². The molecule has 0 radical (unpaired) electrons. The van der Waals surface area contributed by atoms with Crippen molar-refractivity contribution in [3.05, 3.63) is 64.7 Å². The minimum absolute atomic E-state index is 0.404. The van der Waals surface area contributed by atoms with Gasteiger partial charge in [0.05, 0.1) is 31.0 Å². The van der Waals surface area contributed by atoms with Gasteiger partial charge in [-0.2, -0.15) is 0 Å². The average Bonchev–Trinajstić information content (AvgIpc) is 3.42. The van der Waals surface area contributed by atoms with E-state index < -0.39 is 18.5 Å². The molecular formula is C28H28N4O5S. The van der Waals surface area contributed by atoms with Gasteiger partial charge in [0.1, 0.15) is 0 Å². The monoisotopic (exact) mass is 532 g/mol. The molecule has 0 saturated heterocycles. The van der Waals surface area contributed by atoms with E-state index in [9.17, 15) is 9.59 Å². The zero-order valence-electron chi connectivity index (χ0n) is 21.4. The Morgan fingerprint density at radius 1 is 1.08 bits per heavy atom. The Morgan fingerprint density at radius 2 is 1.89 bits per heavy atom. The maximum absolute atomic E-state index is 13.3. The topological polar surface area (TPSA) is 103 Å². The van der Waals surface area contributed by atoms with Crippen LogP contribution < -0.4 is 14.8 Å². The van der Waals surface area contributed by atoms with E-state index in [1.807, 2.05) is 41.8 Å². The third-order valence-corrected chi connectivity index (χ3v) is 7.30. The molecule has 9 nitrogen and oxygen atoms in total. The number of para-hydroxylation sites is 1. The van der Waals surface area contributed by atoms with Gasteiger partial charge in [0.25, 0.3) is 5.91 Å². The molecule has 0 saturated carbocycles. The summed E-state index contributed by atoms with van der Waals surface area (Å²) in [5.41, 5.74) is 4.52. The molecule has 1 aliphatic heterocycles. The second-order valence-electron chi connectivity index (χ2n) is 8.78. The number of nitrogens with one attached hydrogen (secondary N) is 1. The second-order valence-corrected chi connectivity index (χ2v) is 9.64. The summed E-state index contributed by atoms with van der Waals surface area (Å²) in [6, 6.07) is 13.0. The van der Waals surface area contributed by atoms with Gasteiger partial charge in [-0.05, 0) is 30.8 Å². The van der Waals surface area contributed by atoms with Crippen LogP contribution in [0.25, 0.3) is 22.2 Å². The Bertz CT molecular complexity index is 1500. The highest BCUT2D eigenvalue weighted by molar-refractivity contribution is 7.14. The highest BCUT2D eigenvalue weighted by Gasteiger charge is 2.26. The van der Waals surface area contributed by atoms with Crippen LogP contribution >= 0.6 is 11.3 Å². The first-order valence-electron chi connectivity index (χ1n) is 12.3. The van der Waals surface area contributed by atoms with Gasteiger partial charge in [0, 0.05) is 47.1 Å². The number of benzene rings is 2. The molecule has 196 valence electrons. The minimum atomic E-state index is -0.530. The predicted molar refractivity (Wildman–Crippen MR) is 146 cm³/mol. The Morgan fingerprint density at radius 3 is 2.68 bits per heavy atom. The fraction of sp³-hybridized carbons (Fsp3) is 0.286. The normalized spacial score (nSPS) is 13.1. The Kier molecular flexibility index (Phi) is 7.52. The molecule has 1 N–H and O–H groups in total. The number of fused-ring (bicyclic) bond motifs is 2. The molecule has 1 amide bonds. The summed E-state index contributed by atoms with van der Waals surface area (Å²) < 4.78 is 16.1. The standard InChI is InChI=1S/C28H28N4O5S/c1-4-32-12-11-21-19(14-32)26(18-7-5-6-8-20(18)29-21)27(34)37-15-25(33)31-28-30-22(16-38-28)17-9-10-23(35-2)24(13-17)36-3/h5-10,13,16H,4,11-12,14-15H2,1-3H3,(H,30,31,33). The van der Waals surface area contributed by atoms with E-state index in [4.69, 9.17) is 19.2 Å². The van der Waals surface area contributed by atoms with Crippen LogP contribution in [0.5, 0.6) is 11.5 Å². The van der Waals surface area contributed by atoms with Crippen molar-refractivity contribution in [2.75, 3.05) is 39.2 Å². The molecule has 0 spiro atoms. The maximum Gasteiger partial charge on any atom is 0.339 e. The Balaban J connectivity index is 1.29. The molecule has 0 bridgehead atoms. The number of ether oxygens (including phenoxy) is 3. The number of aromatic nitrogens is 2. The first-order valence-corrected chi connectivity index (χ1v) is 13.2. The molecule has 2 aromatic carbocycles. The van der Waals surface area contributed by atoms with Crippen LogP contribution in [-0.2, 0) is 22.5 Å². The van der Waals surface area contributed by atoms with Crippen molar-refractivity contribution >= 4 is 39.2 Å². The quantitative estimate of drug-likeness (QED) is 0.330. The van der Waals surface area contributed by atoms with Gasteiger partial charge in [0.2, 0.25) is 0 Å². The summed E-state index contributed by atoms with van der Waals surface area (Å²) in [5, 5.41) is 5.69. The summed E-state index contributed by atoms with van der Waals surface area (Å²) in [6.45, 7) is 4.06. The molecule has 0 fully saturated rings. The van der Waals surface area contributed by atoms with E-state index in [1.165, 1.54) is 11.3 Å². The molecule has 5 rings (SSSR count). The summed E-state index contributed by atoms with van der Waals surface area (Å²) in [5.74, 6) is 0.211. The van der Waals surface area contributed by atoms with Crippen LogP contribution in [0.15, 0.2) is 47.8 Å². The molecule has 1 aliphatic rings. The van der Waals surface area contributed by atoms with Crippen molar-refractivity contribution in [3.63, 3.8) is 0 Å². The molecule has 3 heterocycles. The van der Waals surface area contributed by atoms with E-state index in [-0.39, 0.29) is 0 Å². The molecular weight excluding hydrogens is 504 g/mol. The highest BCUT2D eigenvalue weighted by atomic mass is 32.1. The van der Waals surface area contributed by atoms with Crippen molar-refractivity contribution in [2.24, 2.45) is 0 Å². The fourth-order valence-electron chi connectivity index (χ4n) is 4.57. The fourth-order valence-corrected chi connectivity index (χ4v) is 5.30. The van der Waals surface area contributed by atoms with Crippen LogP contribution in [0.4, 0.5) is 5.13 Å². The number of methoxy groups -OCH3 is 2. The van der Waals surface area contributed by atoms with Crippen LogP contribution in [0.2, 0.25) is 0 Å². The molecule has 0 unspecified atom stereocenters. The number of esters is 1. The number of pyridine rings is 1. The number of amides is 1. The third-order valence-electron chi connectivity index (χ3n) is 6.54. The number of hydrogen-bond donors (Lipinski definition) is 1. The zero-order chi connectivity index (χ0) is 26.6. The predicted octanol–water partition coefficient (Wildman–Crippen LogP) is 4.55. The van der Waals surface area contributed by atoms with Crippen LogP contribution in [0.3, 0.4) is 0 Å². The van der Waals surface area contributed by atoms with Gasteiger partial charge in [-0.3, -0.25) is 20.0 Å². The SMILES string of the molecule is CCN1CCc2nc3ccccc3c(C(=O)OCC(=O)Nc3nc(-c4ccc(OC)c(OC)c4)cs3)c2C1. The van der Waals surface area contributed by atoms with E-state index >= 15 is 0 Å². The van der Waals surface area contributed by atoms with Crippen molar-refractivity contribution in [3.8, 4) is 22.8 Å². The molecule has 0 atom stereocenters. The van der Waals surface area contributed by atoms with Crippen LogP contribution in [0.1, 0.15) is 28.5 Å². The maximum atomic E-state index is 13.3. The number of rotatable bonds is 8. The lowest BCUT2D eigenvalue weighted by Crippen LogP contribution is -2.32. The lowest BCUT2D eigenvalue weighted by Gasteiger charge is -2.28. The van der Waals surface area contributed by atoms with E-state index in [2.05, 4.69) is 22.1 Å². The number of nitrogens with zero attached hydrogens (tertiary/aromatic N) is 3. The highest BCUT2D eigenvalue weighted by Crippen LogP contribution is 2.33. The van der Waals surface area contributed by atoms with Gasteiger partial charge >= 0.3 is 5.97 Å². The van der Waals surface area contributed by atoms with Crippen molar-refractivity contribution in [1.29, 1.82) is 0 Å². The average molecular weight is 533 g/mol. The smallest absolute Gasteiger partial charge is 0.339 e. The Hall–Kier alpha value is -4.02. The number of carbonyl (C=O) groups excluding carboxylic acids is 2.